The van der Waals surface area contributed by atoms with Gasteiger partial charge >= 0.3 is 0 Å². The molecule has 2 aromatic carbocycles. The number of carbonyl (C=O) groups excluding carboxylic acids is 1. The summed E-state index contributed by atoms with van der Waals surface area (Å²) in [5.41, 5.74) is 4.04. The first-order valence-electron chi connectivity index (χ1n) is 11.5. The summed E-state index contributed by atoms with van der Waals surface area (Å²) >= 11 is 0. The molecule has 6 nitrogen and oxygen atoms in total. The van der Waals surface area contributed by atoms with E-state index in [2.05, 4.69) is 16.0 Å². The highest BCUT2D eigenvalue weighted by molar-refractivity contribution is 5.94. The molecule has 5 rings (SSSR count). The molecule has 0 bridgehead atoms. The van der Waals surface area contributed by atoms with E-state index in [-0.39, 0.29) is 12.5 Å². The van der Waals surface area contributed by atoms with Crippen LogP contribution >= 0.6 is 0 Å². The van der Waals surface area contributed by atoms with Crippen molar-refractivity contribution < 1.29 is 14.4 Å². The smallest absolute Gasteiger partial charge is 0.262 e. The molecule has 31 heavy (non-hydrogen) atoms. The van der Waals surface area contributed by atoms with E-state index in [4.69, 9.17) is 9.72 Å². The Morgan fingerprint density at radius 2 is 1.97 bits per heavy atom. The maximum Gasteiger partial charge on any atom is 0.262 e. The molecule has 6 heteroatoms. The Hall–Kier alpha value is -2.86. The minimum atomic E-state index is -0.170. The van der Waals surface area contributed by atoms with Crippen molar-refractivity contribution in [2.75, 3.05) is 18.5 Å². The zero-order valence-electron chi connectivity index (χ0n) is 18.2. The predicted molar refractivity (Wildman–Crippen MR) is 121 cm³/mol. The molecular weight excluding hydrogens is 388 g/mol. The Kier molecular flexibility index (Phi) is 5.64. The van der Waals surface area contributed by atoms with Gasteiger partial charge in [-0.05, 0) is 62.9 Å². The zero-order valence-corrected chi connectivity index (χ0v) is 18.2. The van der Waals surface area contributed by atoms with Gasteiger partial charge in [0.25, 0.3) is 5.91 Å². The Balaban J connectivity index is 1.24. The number of nitrogens with zero attached hydrogens (tertiary/aromatic N) is 2. The van der Waals surface area contributed by atoms with Crippen LogP contribution in [0.15, 0.2) is 42.5 Å². The van der Waals surface area contributed by atoms with Crippen LogP contribution in [0.5, 0.6) is 5.75 Å². The highest BCUT2D eigenvalue weighted by Crippen LogP contribution is 2.22. The van der Waals surface area contributed by atoms with Crippen molar-refractivity contribution in [3.63, 3.8) is 0 Å². The maximum atomic E-state index is 12.3. The lowest BCUT2D eigenvalue weighted by atomic mass is 9.94. The molecule has 1 fully saturated rings. The fourth-order valence-electron chi connectivity index (χ4n) is 5.03. The first kappa shape index (κ1) is 20.1. The molecule has 0 saturated heterocycles. The van der Waals surface area contributed by atoms with E-state index < -0.39 is 0 Å². The highest BCUT2D eigenvalue weighted by Gasteiger charge is 2.30. The Labute approximate surface area is 183 Å². The lowest BCUT2D eigenvalue weighted by molar-refractivity contribution is -0.944. The molecule has 3 aromatic rings. The van der Waals surface area contributed by atoms with Crippen LogP contribution in [0.4, 0.5) is 5.69 Å². The molecule has 1 aliphatic carbocycles. The van der Waals surface area contributed by atoms with Gasteiger partial charge in [-0.15, -0.1) is 0 Å². The number of hydrogen-bond acceptors (Lipinski definition) is 3. The average Bonchev–Trinajstić information content (AvgIpc) is 3.16. The molecule has 2 N–H and O–H groups in total. The number of imidazole rings is 1. The van der Waals surface area contributed by atoms with Crippen molar-refractivity contribution in [3.8, 4) is 5.75 Å². The van der Waals surface area contributed by atoms with Crippen LogP contribution in [0.25, 0.3) is 11.0 Å². The number of benzene rings is 2. The summed E-state index contributed by atoms with van der Waals surface area (Å²) in [7, 11) is 0. The third kappa shape index (κ3) is 4.44. The van der Waals surface area contributed by atoms with Gasteiger partial charge in [0.2, 0.25) is 0 Å². The number of quaternary nitrogens is 1. The molecule has 1 atom stereocenters. The van der Waals surface area contributed by atoms with Crippen molar-refractivity contribution >= 4 is 22.6 Å². The summed E-state index contributed by atoms with van der Waals surface area (Å²) in [4.78, 5) is 19.0. The highest BCUT2D eigenvalue weighted by atomic mass is 16.5. The van der Waals surface area contributed by atoms with Gasteiger partial charge in [-0.3, -0.25) is 4.79 Å². The molecule has 0 radical (unpaired) electrons. The number of hydrogen-bond donors (Lipinski definition) is 2. The maximum absolute atomic E-state index is 12.3. The Bertz CT molecular complexity index is 1070. The summed E-state index contributed by atoms with van der Waals surface area (Å²) in [5.74, 6) is 1.70. The molecule has 1 aliphatic heterocycles. The second kappa shape index (κ2) is 8.71. The number of fused-ring (bicyclic) bond motifs is 3. The zero-order chi connectivity index (χ0) is 21.2. The van der Waals surface area contributed by atoms with E-state index in [0.29, 0.717) is 5.75 Å². The van der Waals surface area contributed by atoms with Crippen molar-refractivity contribution in [2.24, 2.45) is 0 Å². The molecular formula is C25H31N4O2+. The average molecular weight is 420 g/mol. The Morgan fingerprint density at radius 1 is 1.16 bits per heavy atom. The molecule has 2 heterocycles. The third-order valence-electron chi connectivity index (χ3n) is 6.73. The minimum absolute atomic E-state index is 0.0134. The summed E-state index contributed by atoms with van der Waals surface area (Å²) in [5, 5.41) is 2.94. The second-order valence-electron chi connectivity index (χ2n) is 8.95. The summed E-state index contributed by atoms with van der Waals surface area (Å²) < 4.78 is 7.94. The molecule has 1 saturated carbocycles. The third-order valence-corrected chi connectivity index (χ3v) is 6.73. The van der Waals surface area contributed by atoms with E-state index >= 15 is 0 Å². The second-order valence-corrected chi connectivity index (χ2v) is 8.95. The molecule has 0 spiro atoms. The molecule has 1 amide bonds. The summed E-state index contributed by atoms with van der Waals surface area (Å²) in [6.07, 6.45) is 6.86. The molecule has 2 aliphatic rings. The van der Waals surface area contributed by atoms with Crippen LogP contribution in [-0.4, -0.2) is 34.7 Å². The summed E-state index contributed by atoms with van der Waals surface area (Å²) in [6.45, 7) is 5.22. The fraction of sp³-hybridized carbons (Fsp3) is 0.440. The van der Waals surface area contributed by atoms with E-state index in [1.54, 1.807) is 4.90 Å². The van der Waals surface area contributed by atoms with Crippen LogP contribution in [-0.2, 0) is 17.9 Å². The van der Waals surface area contributed by atoms with Gasteiger partial charge in [0.05, 0.1) is 30.2 Å². The first-order valence-corrected chi connectivity index (χ1v) is 11.5. The SMILES string of the molecule is Cc1ccc(OCC(=O)Nc2ccc3c(c2)nc2n3CC[NH+](C3CCCCC3)C2)cc1. The van der Waals surface area contributed by atoms with E-state index in [0.717, 1.165) is 41.4 Å². The van der Waals surface area contributed by atoms with Gasteiger partial charge in [-0.1, -0.05) is 24.1 Å². The summed E-state index contributed by atoms with van der Waals surface area (Å²) in [6, 6.07) is 14.5. The van der Waals surface area contributed by atoms with Crippen LogP contribution in [0.3, 0.4) is 0 Å². The van der Waals surface area contributed by atoms with Gasteiger partial charge in [-0.25, -0.2) is 4.98 Å². The predicted octanol–water partition coefficient (Wildman–Crippen LogP) is 3.09. The van der Waals surface area contributed by atoms with Crippen LogP contribution in [0, 0.1) is 6.92 Å². The van der Waals surface area contributed by atoms with Crippen molar-refractivity contribution in [2.45, 2.75) is 58.2 Å². The first-order chi connectivity index (χ1) is 15.2. The quantitative estimate of drug-likeness (QED) is 0.668. The number of anilines is 1. The van der Waals surface area contributed by atoms with Crippen LogP contribution < -0.4 is 15.0 Å². The van der Waals surface area contributed by atoms with Crippen molar-refractivity contribution in [3.05, 3.63) is 53.9 Å². The van der Waals surface area contributed by atoms with E-state index in [1.165, 1.54) is 44.5 Å². The number of ether oxygens (including phenoxy) is 1. The van der Waals surface area contributed by atoms with Crippen molar-refractivity contribution in [1.29, 1.82) is 0 Å². The largest absolute Gasteiger partial charge is 0.484 e. The van der Waals surface area contributed by atoms with Gasteiger partial charge in [-0.2, -0.15) is 0 Å². The molecule has 1 unspecified atom stereocenters. The molecule has 162 valence electrons. The van der Waals surface area contributed by atoms with Gasteiger partial charge in [0.15, 0.2) is 12.4 Å². The number of carbonyl (C=O) groups is 1. The lowest BCUT2D eigenvalue weighted by Gasteiger charge is -2.34. The molecule has 1 aromatic heterocycles. The van der Waals surface area contributed by atoms with Gasteiger partial charge < -0.3 is 19.5 Å². The minimum Gasteiger partial charge on any atom is -0.484 e. The Morgan fingerprint density at radius 3 is 2.77 bits per heavy atom. The monoisotopic (exact) mass is 419 g/mol. The lowest BCUT2D eigenvalue weighted by Crippen LogP contribution is -3.15. The van der Waals surface area contributed by atoms with E-state index in [1.807, 2.05) is 43.3 Å². The van der Waals surface area contributed by atoms with Gasteiger partial charge in [0.1, 0.15) is 12.3 Å². The van der Waals surface area contributed by atoms with Crippen LogP contribution in [0.1, 0.15) is 43.5 Å². The number of aryl methyl sites for hydroxylation is 1. The number of aromatic nitrogens is 2. The van der Waals surface area contributed by atoms with E-state index in [9.17, 15) is 4.79 Å². The van der Waals surface area contributed by atoms with Gasteiger partial charge in [0, 0.05) is 5.69 Å². The fourth-order valence-corrected chi connectivity index (χ4v) is 5.03. The normalized spacial score (nSPS) is 19.2. The number of amides is 1. The van der Waals surface area contributed by atoms with Crippen molar-refractivity contribution in [1.82, 2.24) is 9.55 Å². The van der Waals surface area contributed by atoms with Crippen LogP contribution in [0.2, 0.25) is 0 Å². The number of rotatable bonds is 5. The topological polar surface area (TPSA) is 60.6 Å². The number of nitrogens with one attached hydrogen (secondary N) is 2. The standard InChI is InChI=1S/C25H30N4O2/c1-18-7-10-21(11-8-18)31-17-25(30)26-19-9-12-23-22(15-19)27-24-16-28(13-14-29(23)24)20-5-3-2-4-6-20/h7-12,15,20H,2-6,13-14,16-17H2,1H3,(H,26,30)/p+1.